The standard InChI is InChI=1S/C21H26N2O5S/c1-27-16-9-7-15(8-10-16)19-6-4-3-5-13-23(19)29(25,26)17-11-12-20(28-2)18(14-17)21(22)24/h7-12,14,19H,3-6,13H2,1-2H3,(H2,22,24). The number of nitrogens with two attached hydrogens (primary N) is 1. The summed E-state index contributed by atoms with van der Waals surface area (Å²) in [6.45, 7) is 0.414. The number of carbonyl (C=O) groups excluding carboxylic acids is 1. The zero-order valence-electron chi connectivity index (χ0n) is 16.6. The van der Waals surface area contributed by atoms with Crippen molar-refractivity contribution in [1.82, 2.24) is 4.31 Å². The minimum atomic E-state index is -3.84. The van der Waals surface area contributed by atoms with Crippen LogP contribution in [0, 0.1) is 0 Å². The van der Waals surface area contributed by atoms with Crippen molar-refractivity contribution in [2.24, 2.45) is 5.73 Å². The van der Waals surface area contributed by atoms with Crippen LogP contribution in [0.1, 0.15) is 47.6 Å². The second-order valence-electron chi connectivity index (χ2n) is 6.98. The van der Waals surface area contributed by atoms with Crippen LogP contribution >= 0.6 is 0 Å². The minimum Gasteiger partial charge on any atom is -0.497 e. The number of sulfonamides is 1. The summed E-state index contributed by atoms with van der Waals surface area (Å²) in [5.74, 6) is 0.235. The zero-order valence-corrected chi connectivity index (χ0v) is 17.4. The van der Waals surface area contributed by atoms with E-state index < -0.39 is 15.9 Å². The number of primary amides is 1. The first-order valence-corrected chi connectivity index (χ1v) is 11.0. The van der Waals surface area contributed by atoms with Crippen LogP contribution in [0.25, 0.3) is 0 Å². The molecule has 0 aliphatic carbocycles. The number of hydrogen-bond donors (Lipinski definition) is 1. The van der Waals surface area contributed by atoms with Gasteiger partial charge in [-0.05, 0) is 48.7 Å². The molecule has 1 aliphatic rings. The van der Waals surface area contributed by atoms with Gasteiger partial charge in [-0.15, -0.1) is 0 Å². The molecule has 0 saturated carbocycles. The molecule has 0 bridgehead atoms. The molecule has 2 aromatic rings. The van der Waals surface area contributed by atoms with Gasteiger partial charge in [0.1, 0.15) is 11.5 Å². The lowest BCUT2D eigenvalue weighted by Gasteiger charge is -2.30. The first-order valence-electron chi connectivity index (χ1n) is 9.52. The van der Waals surface area contributed by atoms with Gasteiger partial charge in [-0.3, -0.25) is 4.79 Å². The van der Waals surface area contributed by atoms with Crippen molar-refractivity contribution in [1.29, 1.82) is 0 Å². The van der Waals surface area contributed by atoms with E-state index in [0.717, 1.165) is 37.0 Å². The Morgan fingerprint density at radius 3 is 2.38 bits per heavy atom. The Labute approximate surface area is 171 Å². The summed E-state index contributed by atoms with van der Waals surface area (Å²) in [7, 11) is -0.839. The summed E-state index contributed by atoms with van der Waals surface area (Å²) in [4.78, 5) is 11.8. The molecule has 1 saturated heterocycles. The summed E-state index contributed by atoms with van der Waals surface area (Å²) >= 11 is 0. The van der Waals surface area contributed by atoms with Gasteiger partial charge in [0, 0.05) is 6.54 Å². The van der Waals surface area contributed by atoms with Crippen molar-refractivity contribution >= 4 is 15.9 Å². The van der Waals surface area contributed by atoms with E-state index in [-0.39, 0.29) is 22.3 Å². The average Bonchev–Trinajstić information content (AvgIpc) is 3.00. The molecule has 7 nitrogen and oxygen atoms in total. The summed E-state index contributed by atoms with van der Waals surface area (Å²) < 4.78 is 38.9. The van der Waals surface area contributed by atoms with Crippen molar-refractivity contribution < 1.29 is 22.7 Å². The van der Waals surface area contributed by atoms with Crippen LogP contribution < -0.4 is 15.2 Å². The van der Waals surface area contributed by atoms with Crippen LogP contribution in [0.15, 0.2) is 47.4 Å². The van der Waals surface area contributed by atoms with Crippen LogP contribution in [-0.2, 0) is 10.0 Å². The Balaban J connectivity index is 2.03. The van der Waals surface area contributed by atoms with Gasteiger partial charge in [0.05, 0.1) is 30.7 Å². The predicted octanol–water partition coefficient (Wildman–Crippen LogP) is 3.11. The van der Waals surface area contributed by atoms with Crippen molar-refractivity contribution in [2.75, 3.05) is 20.8 Å². The second kappa shape index (κ2) is 8.84. The van der Waals surface area contributed by atoms with Crippen molar-refractivity contribution in [3.63, 3.8) is 0 Å². The van der Waals surface area contributed by atoms with Crippen LogP contribution in [0.5, 0.6) is 11.5 Å². The normalized spacial score (nSPS) is 18.1. The fourth-order valence-electron chi connectivity index (χ4n) is 3.70. The molecule has 156 valence electrons. The van der Waals surface area contributed by atoms with Crippen LogP contribution in [0.3, 0.4) is 0 Å². The third kappa shape index (κ3) is 4.38. The summed E-state index contributed by atoms with van der Waals surface area (Å²) in [6.07, 6.45) is 3.42. The highest BCUT2D eigenvalue weighted by atomic mass is 32.2. The van der Waals surface area contributed by atoms with Crippen LogP contribution in [-0.4, -0.2) is 39.4 Å². The number of amides is 1. The molecule has 3 rings (SSSR count). The van der Waals surface area contributed by atoms with Crippen molar-refractivity contribution in [2.45, 2.75) is 36.6 Å². The maximum absolute atomic E-state index is 13.5. The van der Waals surface area contributed by atoms with E-state index in [4.69, 9.17) is 15.2 Å². The highest BCUT2D eigenvalue weighted by Crippen LogP contribution is 2.36. The lowest BCUT2D eigenvalue weighted by molar-refractivity contribution is 0.0997. The molecule has 1 heterocycles. The molecule has 29 heavy (non-hydrogen) atoms. The minimum absolute atomic E-state index is 0.0347. The quantitative estimate of drug-likeness (QED) is 0.777. The molecule has 1 atom stereocenters. The van der Waals surface area contributed by atoms with E-state index in [1.807, 2.05) is 24.3 Å². The monoisotopic (exact) mass is 418 g/mol. The van der Waals surface area contributed by atoms with Gasteiger partial charge in [0.25, 0.3) is 5.91 Å². The van der Waals surface area contributed by atoms with E-state index in [1.165, 1.54) is 29.6 Å². The highest BCUT2D eigenvalue weighted by molar-refractivity contribution is 7.89. The smallest absolute Gasteiger partial charge is 0.252 e. The van der Waals surface area contributed by atoms with Crippen molar-refractivity contribution in [3.8, 4) is 11.5 Å². The highest BCUT2D eigenvalue weighted by Gasteiger charge is 2.34. The largest absolute Gasteiger partial charge is 0.497 e. The van der Waals surface area contributed by atoms with E-state index in [9.17, 15) is 13.2 Å². The van der Waals surface area contributed by atoms with Gasteiger partial charge >= 0.3 is 0 Å². The number of benzene rings is 2. The molecular formula is C21H26N2O5S. The fourth-order valence-corrected chi connectivity index (χ4v) is 5.41. The van der Waals surface area contributed by atoms with E-state index in [2.05, 4.69) is 0 Å². The van der Waals surface area contributed by atoms with Gasteiger partial charge in [-0.25, -0.2) is 8.42 Å². The van der Waals surface area contributed by atoms with E-state index in [1.54, 1.807) is 7.11 Å². The molecule has 8 heteroatoms. The van der Waals surface area contributed by atoms with E-state index >= 15 is 0 Å². The van der Waals surface area contributed by atoms with Gasteiger partial charge < -0.3 is 15.2 Å². The second-order valence-corrected chi connectivity index (χ2v) is 8.87. The average molecular weight is 419 g/mol. The van der Waals surface area contributed by atoms with Gasteiger partial charge in [0.15, 0.2) is 0 Å². The molecule has 2 N–H and O–H groups in total. The number of carbonyl (C=O) groups is 1. The lowest BCUT2D eigenvalue weighted by Crippen LogP contribution is -2.35. The zero-order chi connectivity index (χ0) is 21.0. The first-order chi connectivity index (χ1) is 13.9. The van der Waals surface area contributed by atoms with Gasteiger partial charge in [0.2, 0.25) is 10.0 Å². The molecule has 1 unspecified atom stereocenters. The Morgan fingerprint density at radius 2 is 1.76 bits per heavy atom. The maximum Gasteiger partial charge on any atom is 0.252 e. The number of ether oxygens (including phenoxy) is 2. The molecule has 1 amide bonds. The number of nitrogens with zero attached hydrogens (tertiary/aromatic N) is 1. The summed E-state index contributed by atoms with van der Waals surface area (Å²) in [5.41, 5.74) is 6.37. The fraction of sp³-hybridized carbons (Fsp3) is 0.381. The lowest BCUT2D eigenvalue weighted by atomic mass is 10.0. The Kier molecular flexibility index (Phi) is 6.44. The van der Waals surface area contributed by atoms with Crippen LogP contribution in [0.2, 0.25) is 0 Å². The Bertz CT molecular complexity index is 973. The molecule has 1 fully saturated rings. The molecule has 1 aliphatic heterocycles. The summed E-state index contributed by atoms with van der Waals surface area (Å²) in [5, 5.41) is 0. The van der Waals surface area contributed by atoms with Crippen LogP contribution in [0.4, 0.5) is 0 Å². The number of hydrogen-bond acceptors (Lipinski definition) is 5. The molecule has 2 aromatic carbocycles. The molecule has 0 spiro atoms. The first kappa shape index (κ1) is 21.1. The third-order valence-electron chi connectivity index (χ3n) is 5.25. The number of methoxy groups -OCH3 is 2. The number of rotatable bonds is 6. The maximum atomic E-state index is 13.5. The Morgan fingerprint density at radius 1 is 1.03 bits per heavy atom. The van der Waals surface area contributed by atoms with Gasteiger partial charge in [-0.2, -0.15) is 4.31 Å². The molecular weight excluding hydrogens is 392 g/mol. The Hall–Kier alpha value is -2.58. The summed E-state index contributed by atoms with van der Waals surface area (Å²) in [6, 6.07) is 11.4. The van der Waals surface area contributed by atoms with Gasteiger partial charge in [-0.1, -0.05) is 25.0 Å². The third-order valence-corrected chi connectivity index (χ3v) is 7.15. The molecule has 0 aromatic heterocycles. The predicted molar refractivity (Wildman–Crippen MR) is 110 cm³/mol. The molecule has 0 radical (unpaired) electrons. The van der Waals surface area contributed by atoms with Crippen molar-refractivity contribution in [3.05, 3.63) is 53.6 Å². The SMILES string of the molecule is COc1ccc(C2CCCCCN2S(=O)(=O)c2ccc(OC)c(C(N)=O)c2)cc1. The topological polar surface area (TPSA) is 98.9 Å². The van der Waals surface area contributed by atoms with E-state index in [0.29, 0.717) is 6.54 Å².